The second-order valence-electron chi connectivity index (χ2n) is 8.18. The molecule has 29 heavy (non-hydrogen) atoms. The average molecular weight is 427 g/mol. The number of hydrogen-bond donors (Lipinski definition) is 0. The summed E-state index contributed by atoms with van der Waals surface area (Å²) in [6, 6.07) is 4.44. The minimum Gasteiger partial charge on any atom is -0.457 e. The lowest BCUT2D eigenvalue weighted by Crippen LogP contribution is -2.32. The van der Waals surface area contributed by atoms with Crippen molar-refractivity contribution < 1.29 is 27.5 Å². The van der Waals surface area contributed by atoms with Crippen molar-refractivity contribution in [3.63, 3.8) is 0 Å². The average Bonchev–Trinajstić information content (AvgIpc) is 2.64. The van der Waals surface area contributed by atoms with E-state index >= 15 is 0 Å². The molecule has 8 nitrogen and oxygen atoms in total. The quantitative estimate of drug-likeness (QED) is 0.645. The summed E-state index contributed by atoms with van der Waals surface area (Å²) in [6.07, 6.45) is 3.09. The maximum absolute atomic E-state index is 12.8. The van der Waals surface area contributed by atoms with Crippen molar-refractivity contribution >= 4 is 27.6 Å². The zero-order chi connectivity index (χ0) is 21.8. The Morgan fingerprint density at radius 2 is 1.72 bits per heavy atom. The van der Waals surface area contributed by atoms with Crippen molar-refractivity contribution in [3.05, 3.63) is 23.8 Å². The highest BCUT2D eigenvalue weighted by Gasteiger charge is 2.26. The molecular formula is C20H30N2O6S. The predicted octanol–water partition coefficient (Wildman–Crippen LogP) is 2.43. The third-order valence-electron chi connectivity index (χ3n) is 4.40. The molecule has 0 saturated carbocycles. The SMILES string of the molecule is CN(C)S(=O)(=O)c1ccc(N2CCCCC2)c(C(=O)OCC(=O)OC(C)(C)C)c1. The van der Waals surface area contributed by atoms with E-state index in [4.69, 9.17) is 9.47 Å². The van der Waals surface area contributed by atoms with Crippen molar-refractivity contribution in [2.24, 2.45) is 0 Å². The first-order chi connectivity index (χ1) is 13.4. The minimum atomic E-state index is -3.72. The Bertz CT molecular complexity index is 852. The van der Waals surface area contributed by atoms with Gasteiger partial charge < -0.3 is 14.4 Å². The van der Waals surface area contributed by atoms with Crippen LogP contribution in [0.2, 0.25) is 0 Å². The van der Waals surface area contributed by atoms with Gasteiger partial charge in [-0.3, -0.25) is 0 Å². The molecule has 0 radical (unpaired) electrons. The Hall–Kier alpha value is -2.13. The van der Waals surface area contributed by atoms with Gasteiger partial charge in [0.1, 0.15) is 5.60 Å². The molecule has 1 fully saturated rings. The molecule has 0 spiro atoms. The van der Waals surface area contributed by atoms with Gasteiger partial charge in [-0.2, -0.15) is 0 Å². The number of ether oxygens (including phenoxy) is 2. The van der Waals surface area contributed by atoms with E-state index in [9.17, 15) is 18.0 Å². The normalized spacial score (nSPS) is 15.3. The molecule has 162 valence electrons. The topological polar surface area (TPSA) is 93.2 Å². The van der Waals surface area contributed by atoms with Gasteiger partial charge in [0, 0.05) is 27.2 Å². The molecule has 9 heteroatoms. The lowest BCUT2D eigenvalue weighted by Gasteiger charge is -2.30. The fourth-order valence-electron chi connectivity index (χ4n) is 3.03. The molecule has 1 aliphatic heterocycles. The number of sulfonamides is 1. The van der Waals surface area contributed by atoms with Crippen LogP contribution in [0.3, 0.4) is 0 Å². The monoisotopic (exact) mass is 426 g/mol. The molecule has 1 saturated heterocycles. The molecule has 0 amide bonds. The van der Waals surface area contributed by atoms with E-state index in [-0.39, 0.29) is 10.5 Å². The van der Waals surface area contributed by atoms with E-state index in [0.717, 1.165) is 36.7 Å². The first-order valence-electron chi connectivity index (χ1n) is 9.62. The lowest BCUT2D eigenvalue weighted by molar-refractivity contribution is -0.158. The van der Waals surface area contributed by atoms with Gasteiger partial charge in [-0.05, 0) is 58.2 Å². The molecule has 1 aliphatic rings. The number of piperidine rings is 1. The molecule has 0 N–H and O–H groups in total. The Kier molecular flexibility index (Phi) is 7.29. The molecule has 0 bridgehead atoms. The van der Waals surface area contributed by atoms with Gasteiger partial charge in [0.15, 0.2) is 6.61 Å². The number of nitrogens with zero attached hydrogens (tertiary/aromatic N) is 2. The lowest BCUT2D eigenvalue weighted by atomic mass is 10.1. The smallest absolute Gasteiger partial charge is 0.344 e. The highest BCUT2D eigenvalue weighted by atomic mass is 32.2. The van der Waals surface area contributed by atoms with E-state index in [2.05, 4.69) is 0 Å². The minimum absolute atomic E-state index is 0.00697. The number of carbonyl (C=O) groups is 2. The summed E-state index contributed by atoms with van der Waals surface area (Å²) in [6.45, 7) is 6.16. The largest absolute Gasteiger partial charge is 0.457 e. The van der Waals surface area contributed by atoms with Crippen LogP contribution in [-0.4, -0.2) is 64.1 Å². The summed E-state index contributed by atoms with van der Waals surface area (Å²) in [5.74, 6) is -1.42. The summed E-state index contributed by atoms with van der Waals surface area (Å²) in [5, 5.41) is 0. The number of esters is 2. The van der Waals surface area contributed by atoms with E-state index < -0.39 is 34.2 Å². The van der Waals surface area contributed by atoms with Gasteiger partial charge in [0.05, 0.1) is 16.1 Å². The Labute approximate surface area is 172 Å². The van der Waals surface area contributed by atoms with Crippen LogP contribution in [0.4, 0.5) is 5.69 Å². The van der Waals surface area contributed by atoms with E-state index in [1.807, 2.05) is 4.90 Å². The fourth-order valence-corrected chi connectivity index (χ4v) is 3.96. The molecule has 2 rings (SSSR count). The van der Waals surface area contributed by atoms with Gasteiger partial charge in [-0.1, -0.05) is 0 Å². The zero-order valence-electron chi connectivity index (χ0n) is 17.7. The molecule has 0 unspecified atom stereocenters. The molecule has 1 heterocycles. The van der Waals surface area contributed by atoms with Gasteiger partial charge in [0.2, 0.25) is 10.0 Å². The second-order valence-corrected chi connectivity index (χ2v) is 10.3. The molecule has 1 aromatic rings. The first-order valence-corrected chi connectivity index (χ1v) is 11.1. The van der Waals surface area contributed by atoms with Crippen LogP contribution in [0.1, 0.15) is 50.4 Å². The van der Waals surface area contributed by atoms with Crippen LogP contribution in [0, 0.1) is 0 Å². The highest BCUT2D eigenvalue weighted by Crippen LogP contribution is 2.28. The summed E-state index contributed by atoms with van der Waals surface area (Å²) in [4.78, 5) is 26.7. The van der Waals surface area contributed by atoms with Crippen LogP contribution in [0.15, 0.2) is 23.1 Å². The van der Waals surface area contributed by atoms with Crippen LogP contribution in [-0.2, 0) is 24.3 Å². The van der Waals surface area contributed by atoms with Crippen LogP contribution in [0.5, 0.6) is 0 Å². The number of anilines is 1. The Morgan fingerprint density at radius 1 is 1.10 bits per heavy atom. The van der Waals surface area contributed by atoms with Crippen molar-refractivity contribution in [1.82, 2.24) is 4.31 Å². The third kappa shape index (κ3) is 6.17. The maximum atomic E-state index is 12.8. The molecule has 0 aliphatic carbocycles. The fraction of sp³-hybridized carbons (Fsp3) is 0.600. The van der Waals surface area contributed by atoms with Crippen LogP contribution < -0.4 is 4.90 Å². The van der Waals surface area contributed by atoms with Gasteiger partial charge in [0.25, 0.3) is 0 Å². The summed E-state index contributed by atoms with van der Waals surface area (Å²) in [7, 11) is -0.870. The predicted molar refractivity (Wildman–Crippen MR) is 110 cm³/mol. The summed E-state index contributed by atoms with van der Waals surface area (Å²) >= 11 is 0. The summed E-state index contributed by atoms with van der Waals surface area (Å²) < 4.78 is 36.4. The van der Waals surface area contributed by atoms with Crippen molar-refractivity contribution in [1.29, 1.82) is 0 Å². The Balaban J connectivity index is 2.32. The van der Waals surface area contributed by atoms with Crippen LogP contribution >= 0.6 is 0 Å². The third-order valence-corrected chi connectivity index (χ3v) is 6.22. The maximum Gasteiger partial charge on any atom is 0.344 e. The van der Waals surface area contributed by atoms with Gasteiger partial charge in [-0.25, -0.2) is 22.3 Å². The molecule has 0 aromatic heterocycles. The van der Waals surface area contributed by atoms with Crippen LogP contribution in [0.25, 0.3) is 0 Å². The number of benzene rings is 1. The molecule has 0 atom stereocenters. The van der Waals surface area contributed by atoms with E-state index in [0.29, 0.717) is 5.69 Å². The van der Waals surface area contributed by atoms with Gasteiger partial charge in [-0.15, -0.1) is 0 Å². The number of hydrogen-bond acceptors (Lipinski definition) is 7. The van der Waals surface area contributed by atoms with Crippen molar-refractivity contribution in [2.45, 2.75) is 50.5 Å². The second kappa shape index (κ2) is 9.13. The standard InChI is InChI=1S/C20H30N2O6S/c1-20(2,3)28-18(23)14-27-19(24)16-13-15(29(25,26)21(4)5)9-10-17(16)22-11-7-6-8-12-22/h9-10,13H,6-8,11-12,14H2,1-5H3. The van der Waals surface area contributed by atoms with Gasteiger partial charge >= 0.3 is 11.9 Å². The number of rotatable bonds is 6. The zero-order valence-corrected chi connectivity index (χ0v) is 18.5. The van der Waals surface area contributed by atoms with Crippen molar-refractivity contribution in [3.8, 4) is 0 Å². The highest BCUT2D eigenvalue weighted by molar-refractivity contribution is 7.89. The van der Waals surface area contributed by atoms with E-state index in [1.54, 1.807) is 26.8 Å². The molecular weight excluding hydrogens is 396 g/mol. The molecule has 1 aromatic carbocycles. The summed E-state index contributed by atoms with van der Waals surface area (Å²) in [5.41, 5.74) is 0.0392. The van der Waals surface area contributed by atoms with Crippen molar-refractivity contribution in [2.75, 3.05) is 38.7 Å². The number of carbonyl (C=O) groups excluding carboxylic acids is 2. The van der Waals surface area contributed by atoms with E-state index in [1.165, 1.54) is 26.2 Å². The Morgan fingerprint density at radius 3 is 2.28 bits per heavy atom. The first kappa shape index (κ1) is 23.2.